The van der Waals surface area contributed by atoms with Gasteiger partial charge in [0, 0.05) is 25.5 Å². The zero-order valence-electron chi connectivity index (χ0n) is 12.8. The topological polar surface area (TPSA) is 73.9 Å². The molecule has 2 unspecified atom stereocenters. The molecule has 1 aliphatic carbocycles. The largest absolute Gasteiger partial charge is 0.338 e. The Morgan fingerprint density at radius 3 is 2.57 bits per heavy atom. The third-order valence-electron chi connectivity index (χ3n) is 4.22. The summed E-state index contributed by atoms with van der Waals surface area (Å²) in [4.78, 5) is 0. The summed E-state index contributed by atoms with van der Waals surface area (Å²) in [6.45, 7) is 0. The normalized spacial score (nSPS) is 27.4. The van der Waals surface area contributed by atoms with Crippen LogP contribution in [0.3, 0.4) is 0 Å². The fourth-order valence-electron chi connectivity index (χ4n) is 3.07. The Morgan fingerprint density at radius 1 is 1.22 bits per heavy atom. The minimum Gasteiger partial charge on any atom is -0.336 e. The molecule has 3 rings (SSSR count). The number of hydrogen-bond acceptors (Lipinski definition) is 5. The highest BCUT2D eigenvalue weighted by molar-refractivity contribution is 7.84. The molecule has 0 aromatic heterocycles. The van der Waals surface area contributed by atoms with Crippen molar-refractivity contribution in [1.29, 1.82) is 0 Å². The molecule has 8 heteroatoms. The predicted octanol–water partition coefficient (Wildman–Crippen LogP) is 2.38. The highest BCUT2D eigenvalue weighted by Crippen LogP contribution is 2.47. The van der Waals surface area contributed by atoms with Gasteiger partial charge in [-0.05, 0) is 18.9 Å². The van der Waals surface area contributed by atoms with Gasteiger partial charge in [-0.1, -0.05) is 24.6 Å². The average molecular weight is 345 g/mol. The van der Waals surface area contributed by atoms with Gasteiger partial charge >= 0.3 is 10.3 Å². The molecule has 2 fully saturated rings. The highest BCUT2D eigenvalue weighted by Gasteiger charge is 2.51. The molecule has 2 aliphatic rings. The van der Waals surface area contributed by atoms with Crippen LogP contribution in [0, 0.1) is 5.82 Å². The molecule has 6 nitrogen and oxygen atoms in total. The Hall–Kier alpha value is -1.06. The number of ether oxygens (including phenoxy) is 2. The van der Waals surface area contributed by atoms with Crippen molar-refractivity contribution in [2.75, 3.05) is 7.05 Å². The second kappa shape index (κ2) is 6.45. The molecule has 1 saturated heterocycles. The van der Waals surface area contributed by atoms with Crippen LogP contribution in [0.1, 0.15) is 43.8 Å². The molecular weight excluding hydrogens is 325 g/mol. The van der Waals surface area contributed by atoms with Crippen molar-refractivity contribution in [3.8, 4) is 0 Å². The van der Waals surface area contributed by atoms with E-state index < -0.39 is 34.3 Å². The molecule has 0 bridgehead atoms. The van der Waals surface area contributed by atoms with Gasteiger partial charge < -0.3 is 9.47 Å². The quantitative estimate of drug-likeness (QED) is 0.907. The van der Waals surface area contributed by atoms with Gasteiger partial charge in [-0.25, -0.2) is 8.57 Å². The molecule has 0 radical (unpaired) electrons. The second-order valence-electron chi connectivity index (χ2n) is 5.77. The van der Waals surface area contributed by atoms with E-state index in [1.165, 1.54) is 13.1 Å². The lowest BCUT2D eigenvalue weighted by atomic mass is 9.94. The number of nitrogens with one attached hydrogen (secondary N) is 1. The van der Waals surface area contributed by atoms with Gasteiger partial charge in [-0.3, -0.25) is 0 Å². The van der Waals surface area contributed by atoms with Crippen LogP contribution in [0.25, 0.3) is 0 Å². The van der Waals surface area contributed by atoms with Crippen LogP contribution in [0.4, 0.5) is 4.39 Å². The van der Waals surface area contributed by atoms with Gasteiger partial charge in [0.1, 0.15) is 11.9 Å². The first-order chi connectivity index (χ1) is 10.9. The van der Waals surface area contributed by atoms with E-state index >= 15 is 0 Å². The summed E-state index contributed by atoms with van der Waals surface area (Å²) < 4.78 is 56.5. The van der Waals surface area contributed by atoms with E-state index in [0.29, 0.717) is 12.8 Å². The molecular formula is C15H20FNO5S. The number of halogens is 1. The van der Waals surface area contributed by atoms with Gasteiger partial charge in [0.25, 0.3) is 0 Å². The Labute approximate surface area is 135 Å². The minimum absolute atomic E-state index is 0.228. The van der Waals surface area contributed by atoms with E-state index in [0.717, 1.165) is 19.3 Å². The predicted molar refractivity (Wildman–Crippen MR) is 80.0 cm³/mol. The first-order valence-electron chi connectivity index (χ1n) is 7.66. The summed E-state index contributed by atoms with van der Waals surface area (Å²) >= 11 is 0. The smallest absolute Gasteiger partial charge is 0.336 e. The fourth-order valence-corrected chi connectivity index (χ4v) is 3.56. The van der Waals surface area contributed by atoms with E-state index in [4.69, 9.17) is 13.7 Å². The third kappa shape index (κ3) is 3.56. The van der Waals surface area contributed by atoms with Crippen molar-refractivity contribution in [1.82, 2.24) is 4.72 Å². The standard InChI is InChI=1S/C15H20FNO5S/c1-17-23(18,19)22-14-13(11-7-3-4-8-12(11)16)20-15(21-14)9-5-2-6-10-15/h3-4,7-8,13-14,17H,2,5-6,9-10H2,1H3. The second-order valence-corrected chi connectivity index (χ2v) is 7.28. The minimum atomic E-state index is -3.99. The van der Waals surface area contributed by atoms with Gasteiger partial charge in [0.2, 0.25) is 6.29 Å². The number of benzene rings is 1. The van der Waals surface area contributed by atoms with Crippen LogP contribution >= 0.6 is 0 Å². The van der Waals surface area contributed by atoms with Crippen LogP contribution in [-0.2, 0) is 24.0 Å². The summed E-state index contributed by atoms with van der Waals surface area (Å²) in [6, 6.07) is 6.07. The summed E-state index contributed by atoms with van der Waals surface area (Å²) in [5, 5.41) is 0. The molecule has 1 aliphatic heterocycles. The Kier molecular flexibility index (Phi) is 4.70. The first-order valence-corrected chi connectivity index (χ1v) is 9.07. The molecule has 2 atom stereocenters. The number of rotatable bonds is 4. The molecule has 1 spiro atoms. The van der Waals surface area contributed by atoms with E-state index in [-0.39, 0.29) is 5.56 Å². The lowest BCUT2D eigenvalue weighted by Gasteiger charge is -2.31. The molecule has 1 aromatic rings. The fraction of sp³-hybridized carbons (Fsp3) is 0.600. The van der Waals surface area contributed by atoms with Crippen molar-refractivity contribution in [2.24, 2.45) is 0 Å². The monoisotopic (exact) mass is 345 g/mol. The Bertz CT molecular complexity index is 660. The Balaban J connectivity index is 1.91. The zero-order valence-corrected chi connectivity index (χ0v) is 13.6. The van der Waals surface area contributed by atoms with Crippen molar-refractivity contribution >= 4 is 10.3 Å². The third-order valence-corrected chi connectivity index (χ3v) is 5.16. The maximum absolute atomic E-state index is 14.1. The van der Waals surface area contributed by atoms with E-state index in [1.54, 1.807) is 18.2 Å². The maximum atomic E-state index is 14.1. The van der Waals surface area contributed by atoms with E-state index in [2.05, 4.69) is 4.72 Å². The summed E-state index contributed by atoms with van der Waals surface area (Å²) in [6.07, 6.45) is 2.01. The molecule has 23 heavy (non-hydrogen) atoms. The van der Waals surface area contributed by atoms with Gasteiger partial charge in [0.15, 0.2) is 5.79 Å². The van der Waals surface area contributed by atoms with Crippen molar-refractivity contribution in [3.05, 3.63) is 35.6 Å². The molecule has 1 heterocycles. The molecule has 1 saturated carbocycles. The molecule has 1 N–H and O–H groups in total. The van der Waals surface area contributed by atoms with Crippen LogP contribution < -0.4 is 4.72 Å². The number of hydrogen-bond donors (Lipinski definition) is 1. The van der Waals surface area contributed by atoms with Crippen LogP contribution in [0.2, 0.25) is 0 Å². The molecule has 128 valence electrons. The van der Waals surface area contributed by atoms with Crippen LogP contribution in [0.15, 0.2) is 24.3 Å². The van der Waals surface area contributed by atoms with Gasteiger partial charge in [-0.15, -0.1) is 0 Å². The van der Waals surface area contributed by atoms with Gasteiger partial charge in [0.05, 0.1) is 0 Å². The SMILES string of the molecule is CNS(=O)(=O)OC1OC2(CCCCC2)OC1c1ccccc1F. The van der Waals surface area contributed by atoms with E-state index in [9.17, 15) is 12.8 Å². The van der Waals surface area contributed by atoms with Crippen LogP contribution in [-0.4, -0.2) is 27.5 Å². The average Bonchev–Trinajstić information content (AvgIpc) is 2.85. The lowest BCUT2D eigenvalue weighted by Crippen LogP contribution is -2.35. The van der Waals surface area contributed by atoms with Crippen molar-refractivity contribution in [3.63, 3.8) is 0 Å². The van der Waals surface area contributed by atoms with Crippen molar-refractivity contribution in [2.45, 2.75) is 50.3 Å². The Morgan fingerprint density at radius 2 is 1.91 bits per heavy atom. The lowest BCUT2D eigenvalue weighted by molar-refractivity contribution is -0.210. The van der Waals surface area contributed by atoms with E-state index in [1.807, 2.05) is 0 Å². The molecule has 1 aromatic carbocycles. The highest BCUT2D eigenvalue weighted by atomic mass is 32.2. The van der Waals surface area contributed by atoms with Gasteiger partial charge in [-0.2, -0.15) is 13.1 Å². The summed E-state index contributed by atoms with van der Waals surface area (Å²) in [5.41, 5.74) is 0.228. The van der Waals surface area contributed by atoms with Crippen LogP contribution in [0.5, 0.6) is 0 Å². The molecule has 0 amide bonds. The first kappa shape index (κ1) is 16.8. The van der Waals surface area contributed by atoms with Crippen molar-refractivity contribution < 1.29 is 26.5 Å². The summed E-state index contributed by atoms with van der Waals surface area (Å²) in [7, 11) is -2.75. The summed E-state index contributed by atoms with van der Waals surface area (Å²) in [5.74, 6) is -1.39. The maximum Gasteiger partial charge on any atom is 0.338 e. The zero-order chi connectivity index (χ0) is 16.5.